The van der Waals surface area contributed by atoms with Gasteiger partial charge >= 0.3 is 24.1 Å². The third kappa shape index (κ3) is 11.9. The average molecular weight is 488 g/mol. The van der Waals surface area contributed by atoms with Crippen molar-refractivity contribution in [2.75, 3.05) is 20.8 Å². The lowest BCUT2D eigenvalue weighted by Gasteiger charge is -2.13. The number of hydrogen-bond acceptors (Lipinski definition) is 9. The number of nitrogens with one attached hydrogen (secondary N) is 2. The molecule has 2 aromatic carbocycles. The highest BCUT2D eigenvalue weighted by Crippen LogP contribution is 2.02. The molecule has 0 unspecified atom stereocenters. The van der Waals surface area contributed by atoms with Crippen LogP contribution < -0.4 is 10.6 Å². The average Bonchev–Trinajstić information content (AvgIpc) is 2.89. The number of rotatable bonds is 9. The fourth-order valence-electron chi connectivity index (χ4n) is 2.29. The molecule has 0 radical (unpaired) electrons. The molecule has 0 aliphatic carbocycles. The van der Waals surface area contributed by atoms with Crippen LogP contribution in [-0.4, -0.2) is 56.1 Å². The molecule has 1 atom stereocenters. The Balaban J connectivity index is 0.000000351. The molecule has 11 heteroatoms. The molecule has 2 aromatic rings. The van der Waals surface area contributed by atoms with Gasteiger partial charge in [0, 0.05) is 0 Å². The van der Waals surface area contributed by atoms with Crippen molar-refractivity contribution in [3.8, 4) is 0 Å². The normalized spacial score (nSPS) is 10.4. The number of hydrogen-bond donors (Lipinski definition) is 3. The van der Waals surface area contributed by atoms with Gasteiger partial charge in [-0.2, -0.15) is 0 Å². The van der Waals surface area contributed by atoms with Gasteiger partial charge in [-0.1, -0.05) is 67.2 Å². The van der Waals surface area contributed by atoms with E-state index in [1.165, 1.54) is 14.2 Å². The van der Waals surface area contributed by atoms with Gasteiger partial charge in [0.2, 0.25) is 0 Å². The topological polar surface area (TPSA) is 149 Å². The lowest BCUT2D eigenvalue weighted by Crippen LogP contribution is -2.44. The first-order valence-electron chi connectivity index (χ1n) is 10.2. The van der Waals surface area contributed by atoms with Gasteiger partial charge in [0.05, 0.1) is 20.8 Å². The molecule has 0 saturated carbocycles. The van der Waals surface area contributed by atoms with Gasteiger partial charge in [0.15, 0.2) is 6.04 Å². The molecule has 0 bridgehead atoms. The van der Waals surface area contributed by atoms with E-state index in [0.717, 1.165) is 11.1 Å². The first-order valence-corrected chi connectivity index (χ1v) is 10.2. The predicted octanol–water partition coefficient (Wildman–Crippen LogP) is 2.05. The van der Waals surface area contributed by atoms with Gasteiger partial charge in [0.25, 0.3) is 0 Å². The third-order valence-electron chi connectivity index (χ3n) is 4.07. The highest BCUT2D eigenvalue weighted by atomic mass is 16.6. The summed E-state index contributed by atoms with van der Waals surface area (Å²) in [4.78, 5) is 44.6. The SMILES string of the molecule is C=C(NC(=O)OCc1ccccc1)C(=O)OC.COC(=O)[C@H](CO)NC(=O)OCc1ccccc1. The highest BCUT2D eigenvalue weighted by Gasteiger charge is 2.21. The van der Waals surface area contributed by atoms with E-state index in [1.807, 2.05) is 48.5 Å². The number of aliphatic hydroxyl groups is 1. The van der Waals surface area contributed by atoms with E-state index in [9.17, 15) is 19.2 Å². The Kier molecular flexibility index (Phi) is 13.3. The Hall–Kier alpha value is -4.38. The standard InChI is InChI=1S/C12H15NO5.C12H13NO4/c1-17-11(15)10(7-14)13-12(16)18-8-9-5-3-2-4-6-9;1-9(11(14)16-2)13-12(15)17-8-10-6-4-3-5-7-10/h2-6,10,14H,7-8H2,1H3,(H,13,16);3-7H,1,8H2,2H3,(H,13,15)/t10-;/m0./s1. The van der Waals surface area contributed by atoms with Crippen molar-refractivity contribution in [2.24, 2.45) is 0 Å². The number of benzene rings is 2. The van der Waals surface area contributed by atoms with Crippen LogP contribution in [0.4, 0.5) is 9.59 Å². The molecule has 0 aliphatic rings. The molecule has 2 amide bonds. The third-order valence-corrected chi connectivity index (χ3v) is 4.07. The van der Waals surface area contributed by atoms with Crippen LogP contribution in [0.3, 0.4) is 0 Å². The number of esters is 2. The monoisotopic (exact) mass is 488 g/mol. The van der Waals surface area contributed by atoms with Crippen molar-refractivity contribution < 1.29 is 43.2 Å². The number of carbonyl (C=O) groups excluding carboxylic acids is 4. The minimum Gasteiger partial charge on any atom is -0.467 e. The summed E-state index contributed by atoms with van der Waals surface area (Å²) >= 11 is 0. The molecule has 3 N–H and O–H groups in total. The summed E-state index contributed by atoms with van der Waals surface area (Å²) in [7, 11) is 2.37. The quantitative estimate of drug-likeness (QED) is 0.274. The van der Waals surface area contributed by atoms with Crippen LogP contribution in [0.15, 0.2) is 72.9 Å². The second-order valence-corrected chi connectivity index (χ2v) is 6.62. The van der Waals surface area contributed by atoms with Crippen LogP contribution in [0, 0.1) is 0 Å². The molecule has 11 nitrogen and oxygen atoms in total. The van der Waals surface area contributed by atoms with Gasteiger partial charge in [-0.25, -0.2) is 19.2 Å². The first kappa shape index (κ1) is 28.7. The number of amides is 2. The van der Waals surface area contributed by atoms with Crippen LogP contribution in [0.2, 0.25) is 0 Å². The lowest BCUT2D eigenvalue weighted by atomic mass is 10.2. The van der Waals surface area contributed by atoms with E-state index in [1.54, 1.807) is 12.1 Å². The number of methoxy groups -OCH3 is 2. The Morgan fingerprint density at radius 2 is 1.31 bits per heavy atom. The van der Waals surface area contributed by atoms with E-state index in [-0.39, 0.29) is 18.9 Å². The van der Waals surface area contributed by atoms with Crippen LogP contribution in [-0.2, 0) is 41.8 Å². The van der Waals surface area contributed by atoms with Crippen LogP contribution in [0.1, 0.15) is 11.1 Å². The molecular weight excluding hydrogens is 460 g/mol. The van der Waals surface area contributed by atoms with Gasteiger partial charge in [-0.3, -0.25) is 5.32 Å². The van der Waals surface area contributed by atoms with Gasteiger partial charge in [-0.05, 0) is 11.1 Å². The Morgan fingerprint density at radius 1 is 0.829 bits per heavy atom. The summed E-state index contributed by atoms with van der Waals surface area (Å²) in [6.45, 7) is 3.00. The summed E-state index contributed by atoms with van der Waals surface area (Å²) in [6, 6.07) is 17.2. The largest absolute Gasteiger partial charge is 0.467 e. The molecule has 0 aliphatic heterocycles. The maximum absolute atomic E-state index is 11.4. The molecule has 35 heavy (non-hydrogen) atoms. The van der Waals surface area contributed by atoms with Crippen molar-refractivity contribution in [3.63, 3.8) is 0 Å². The second-order valence-electron chi connectivity index (χ2n) is 6.62. The summed E-state index contributed by atoms with van der Waals surface area (Å²) in [6.07, 6.45) is -1.53. The summed E-state index contributed by atoms with van der Waals surface area (Å²) in [5.74, 6) is -1.43. The predicted molar refractivity (Wildman–Crippen MR) is 124 cm³/mol. The minimum absolute atomic E-state index is 0.0893. The van der Waals surface area contributed by atoms with Crippen molar-refractivity contribution >= 4 is 24.1 Å². The van der Waals surface area contributed by atoms with E-state index < -0.39 is 36.8 Å². The van der Waals surface area contributed by atoms with E-state index in [4.69, 9.17) is 14.6 Å². The van der Waals surface area contributed by atoms with Gasteiger partial charge < -0.3 is 29.4 Å². The molecule has 0 aromatic heterocycles. The first-order chi connectivity index (χ1) is 16.8. The van der Waals surface area contributed by atoms with E-state index in [2.05, 4.69) is 26.7 Å². The molecule has 0 heterocycles. The molecule has 0 spiro atoms. The summed E-state index contributed by atoms with van der Waals surface area (Å²) in [5.41, 5.74) is 1.52. The van der Waals surface area contributed by atoms with Crippen molar-refractivity contribution in [3.05, 3.63) is 84.1 Å². The molecule has 0 fully saturated rings. The Bertz CT molecular complexity index is 965. The van der Waals surface area contributed by atoms with Gasteiger partial charge in [0.1, 0.15) is 18.9 Å². The number of alkyl carbamates (subject to hydrolysis) is 2. The maximum atomic E-state index is 11.4. The number of carbonyl (C=O) groups is 4. The Morgan fingerprint density at radius 3 is 1.74 bits per heavy atom. The van der Waals surface area contributed by atoms with Crippen molar-refractivity contribution in [1.82, 2.24) is 10.6 Å². The van der Waals surface area contributed by atoms with Crippen molar-refractivity contribution in [1.29, 1.82) is 0 Å². The fraction of sp³-hybridized carbons (Fsp3) is 0.250. The number of aliphatic hydroxyl groups excluding tert-OH is 1. The number of ether oxygens (including phenoxy) is 4. The van der Waals surface area contributed by atoms with Crippen molar-refractivity contribution in [2.45, 2.75) is 19.3 Å². The van der Waals surface area contributed by atoms with Crippen LogP contribution in [0.25, 0.3) is 0 Å². The van der Waals surface area contributed by atoms with Gasteiger partial charge in [-0.15, -0.1) is 0 Å². The summed E-state index contributed by atoms with van der Waals surface area (Å²) in [5, 5.41) is 13.3. The zero-order chi connectivity index (χ0) is 26.1. The van der Waals surface area contributed by atoms with E-state index >= 15 is 0 Å². The molecule has 188 valence electrons. The second kappa shape index (κ2) is 16.3. The van der Waals surface area contributed by atoms with Crippen LogP contribution in [0.5, 0.6) is 0 Å². The molecule has 2 rings (SSSR count). The van der Waals surface area contributed by atoms with Crippen LogP contribution >= 0.6 is 0 Å². The smallest absolute Gasteiger partial charge is 0.412 e. The fourth-order valence-corrected chi connectivity index (χ4v) is 2.29. The maximum Gasteiger partial charge on any atom is 0.412 e. The molecular formula is C24H28N2O9. The summed E-state index contributed by atoms with van der Waals surface area (Å²) < 4.78 is 18.5. The molecule has 0 saturated heterocycles. The minimum atomic E-state index is -1.11. The highest BCUT2D eigenvalue weighted by molar-refractivity contribution is 5.91. The zero-order valence-corrected chi connectivity index (χ0v) is 19.4. The Labute approximate surface area is 202 Å². The zero-order valence-electron chi connectivity index (χ0n) is 19.4. The lowest BCUT2D eigenvalue weighted by molar-refractivity contribution is -0.144. The van der Waals surface area contributed by atoms with E-state index in [0.29, 0.717) is 0 Å².